The van der Waals surface area contributed by atoms with Crippen LogP contribution in [0.2, 0.25) is 0 Å². The molecule has 2 aromatic rings. The first-order valence-corrected chi connectivity index (χ1v) is 8.98. The van der Waals surface area contributed by atoms with E-state index in [1.165, 1.54) is 23.0 Å². The van der Waals surface area contributed by atoms with E-state index < -0.39 is 0 Å². The second-order valence-electron chi connectivity index (χ2n) is 6.54. The Morgan fingerprint density at radius 2 is 2.21 bits per heavy atom. The van der Waals surface area contributed by atoms with Gasteiger partial charge in [0.25, 0.3) is 0 Å². The zero-order chi connectivity index (χ0) is 20.1. The van der Waals surface area contributed by atoms with Crippen LogP contribution in [0.5, 0.6) is 0 Å². The number of quaternary nitrogens is 1. The molecule has 0 bridgehead atoms. The molecule has 0 aliphatic heterocycles. The number of nitrogens with two attached hydrogens (primary N) is 3. The molecule has 8 N–H and O–H groups in total. The van der Waals surface area contributed by atoms with Crippen molar-refractivity contribution in [3.05, 3.63) is 53.9 Å². The molecule has 1 aromatic heterocycles. The molecule has 9 heteroatoms. The average molecular weight is 384 g/mol. The minimum Gasteiger partial charge on any atom is -0.403 e. The second-order valence-corrected chi connectivity index (χ2v) is 6.54. The number of fused-ring (bicyclic) bond motifs is 1. The summed E-state index contributed by atoms with van der Waals surface area (Å²) in [7, 11) is 1.58. The van der Waals surface area contributed by atoms with Crippen LogP contribution in [0.3, 0.4) is 0 Å². The van der Waals surface area contributed by atoms with Gasteiger partial charge in [-0.3, -0.25) is 9.80 Å². The Labute approximate surface area is 163 Å². The summed E-state index contributed by atoms with van der Waals surface area (Å²) in [5.41, 5.74) is 11.1. The van der Waals surface area contributed by atoms with Crippen LogP contribution in [-0.4, -0.2) is 18.0 Å². The molecule has 1 atom stereocenters. The van der Waals surface area contributed by atoms with Gasteiger partial charge in [-0.25, -0.2) is 15.7 Å². The third-order valence-corrected chi connectivity index (χ3v) is 4.53. The van der Waals surface area contributed by atoms with Crippen molar-refractivity contribution in [2.24, 2.45) is 11.6 Å². The number of anilines is 3. The summed E-state index contributed by atoms with van der Waals surface area (Å²) >= 11 is 0. The lowest BCUT2D eigenvalue weighted by atomic mass is 10.1. The molecule has 0 saturated carbocycles. The average Bonchev–Trinajstić information content (AvgIpc) is 3.05. The van der Waals surface area contributed by atoms with Gasteiger partial charge < -0.3 is 16.4 Å². The predicted octanol–water partition coefficient (Wildman–Crippen LogP) is 0.815. The van der Waals surface area contributed by atoms with E-state index in [0.717, 1.165) is 29.8 Å². The molecule has 0 radical (unpaired) electrons. The maximum Gasteiger partial charge on any atom is 0.217 e. The fraction of sp³-hybridized carbons (Fsp3) is 0.263. The third-order valence-electron chi connectivity index (χ3n) is 4.53. The lowest BCUT2D eigenvalue weighted by Gasteiger charge is -2.16. The van der Waals surface area contributed by atoms with Crippen molar-refractivity contribution in [3.8, 4) is 0 Å². The smallest absolute Gasteiger partial charge is 0.217 e. The second kappa shape index (κ2) is 8.70. The van der Waals surface area contributed by atoms with Gasteiger partial charge in [0.05, 0.1) is 13.2 Å². The monoisotopic (exact) mass is 384 g/mol. The van der Waals surface area contributed by atoms with Gasteiger partial charge >= 0.3 is 0 Å². The predicted molar refractivity (Wildman–Crippen MR) is 107 cm³/mol. The largest absolute Gasteiger partial charge is 0.403 e. The van der Waals surface area contributed by atoms with Gasteiger partial charge in [-0.1, -0.05) is 6.07 Å². The van der Waals surface area contributed by atoms with Crippen LogP contribution in [0.4, 0.5) is 23.0 Å². The Kier molecular flexibility index (Phi) is 6.09. The van der Waals surface area contributed by atoms with Crippen molar-refractivity contribution in [2.75, 3.05) is 17.4 Å². The van der Waals surface area contributed by atoms with Gasteiger partial charge in [0.2, 0.25) is 11.6 Å². The summed E-state index contributed by atoms with van der Waals surface area (Å²) in [6, 6.07) is 9.82. The van der Waals surface area contributed by atoms with Crippen molar-refractivity contribution in [2.45, 2.75) is 25.8 Å². The molecule has 3 rings (SSSR count). The molecule has 1 aliphatic carbocycles. The number of carbonyl (C=O) groups excluding carboxylic acids is 1. The summed E-state index contributed by atoms with van der Waals surface area (Å²) in [5.74, 6) is 7.05. The van der Waals surface area contributed by atoms with E-state index >= 15 is 0 Å². The lowest BCUT2D eigenvalue weighted by molar-refractivity contribution is -0.829. The molecule has 9 nitrogen and oxygen atoms in total. The van der Waals surface area contributed by atoms with E-state index in [-0.39, 0.29) is 11.9 Å². The van der Waals surface area contributed by atoms with Crippen LogP contribution in [0.15, 0.2) is 42.7 Å². The third kappa shape index (κ3) is 4.39. The molecule has 1 aromatic carbocycles. The zero-order valence-electron chi connectivity index (χ0n) is 16.0. The van der Waals surface area contributed by atoms with E-state index in [4.69, 9.17) is 16.4 Å². The van der Waals surface area contributed by atoms with Crippen LogP contribution in [0.1, 0.15) is 30.5 Å². The molecular weight excluding hydrogens is 358 g/mol. The van der Waals surface area contributed by atoms with Gasteiger partial charge in [0.15, 0.2) is 5.82 Å². The van der Waals surface area contributed by atoms with Crippen molar-refractivity contribution in [3.63, 3.8) is 0 Å². The number of amides is 1. The summed E-state index contributed by atoms with van der Waals surface area (Å²) in [6.45, 7) is 1.54. The number of aryl methyl sites for hydroxylation is 1. The number of hydrogen-bond donors (Lipinski definition) is 5. The first-order valence-electron chi connectivity index (χ1n) is 8.98. The topological polar surface area (TPSA) is 135 Å². The van der Waals surface area contributed by atoms with Gasteiger partial charge in [-0.05, 0) is 42.2 Å². The molecule has 0 spiro atoms. The molecular formula is C19H26N7O2+. The van der Waals surface area contributed by atoms with Crippen LogP contribution < -0.4 is 32.7 Å². The number of benzene rings is 1. The molecule has 1 unspecified atom stereocenters. The first-order chi connectivity index (χ1) is 13.5. The maximum absolute atomic E-state index is 11.4. The quantitative estimate of drug-likeness (QED) is 0.352. The van der Waals surface area contributed by atoms with E-state index in [1.54, 1.807) is 25.6 Å². The minimum atomic E-state index is -0.0151. The highest BCUT2D eigenvalue weighted by atomic mass is 16.6. The SMILES string of the molecule is CO[NH2+]c1ccc(N(N)/C=C\N)nc1Nc1ccc2c(c1)CCC2NC(C)=O. The molecule has 1 amide bonds. The molecule has 0 saturated heterocycles. The molecule has 148 valence electrons. The molecule has 0 fully saturated rings. The number of nitrogens with one attached hydrogen (secondary N) is 2. The number of aromatic nitrogens is 1. The van der Waals surface area contributed by atoms with Crippen molar-refractivity contribution < 1.29 is 15.1 Å². The van der Waals surface area contributed by atoms with Crippen LogP contribution in [0, 0.1) is 0 Å². The van der Waals surface area contributed by atoms with Gasteiger partial charge in [-0.15, -0.1) is 0 Å². The standard InChI is InChI=1S/C19H25N7O2/c1-12(27)22-16-6-3-13-11-14(4-5-15(13)16)23-19-17(25-28-2)7-8-18(24-19)26(21)10-9-20/h4-5,7-11,16,25H,3,6,20-21H2,1-2H3,(H,22,27)(H,23,24)/p+1/b10-9-. The Morgan fingerprint density at radius 1 is 1.39 bits per heavy atom. The molecule has 28 heavy (non-hydrogen) atoms. The normalized spacial score (nSPS) is 15.5. The number of carbonyl (C=O) groups is 1. The Balaban J connectivity index is 1.86. The van der Waals surface area contributed by atoms with E-state index in [1.807, 2.05) is 18.2 Å². The van der Waals surface area contributed by atoms with Crippen molar-refractivity contribution in [1.82, 2.24) is 10.3 Å². The fourth-order valence-corrected chi connectivity index (χ4v) is 3.32. The molecule has 1 heterocycles. The van der Waals surface area contributed by atoms with Gasteiger partial charge in [-0.2, -0.15) is 5.48 Å². The highest BCUT2D eigenvalue weighted by Crippen LogP contribution is 2.34. The van der Waals surface area contributed by atoms with Crippen LogP contribution in [-0.2, 0) is 16.1 Å². The number of rotatable bonds is 7. The maximum atomic E-state index is 11.4. The van der Waals surface area contributed by atoms with E-state index in [0.29, 0.717) is 11.6 Å². The number of nitrogens with zero attached hydrogens (tertiary/aromatic N) is 2. The Hall–Kier alpha value is -3.14. The minimum absolute atomic E-state index is 0.0151. The van der Waals surface area contributed by atoms with E-state index in [9.17, 15) is 4.79 Å². The Bertz CT molecular complexity index is 885. The van der Waals surface area contributed by atoms with Crippen LogP contribution >= 0.6 is 0 Å². The summed E-state index contributed by atoms with van der Waals surface area (Å²) in [6.07, 6.45) is 4.68. The Morgan fingerprint density at radius 3 is 2.93 bits per heavy atom. The first kappa shape index (κ1) is 19.6. The van der Waals surface area contributed by atoms with Gasteiger partial charge in [0.1, 0.15) is 5.82 Å². The number of pyridine rings is 1. The van der Waals surface area contributed by atoms with E-state index in [2.05, 4.69) is 21.7 Å². The summed E-state index contributed by atoms with van der Waals surface area (Å²) in [5, 5.41) is 7.66. The lowest BCUT2D eigenvalue weighted by Crippen LogP contribution is -2.76. The van der Waals surface area contributed by atoms with Crippen LogP contribution in [0.25, 0.3) is 0 Å². The molecule has 1 aliphatic rings. The fourth-order valence-electron chi connectivity index (χ4n) is 3.32. The number of hydrogen-bond acceptors (Lipinski definition) is 7. The van der Waals surface area contributed by atoms with Gasteiger partial charge in [0, 0.05) is 31.1 Å². The zero-order valence-corrected chi connectivity index (χ0v) is 16.0. The highest BCUT2D eigenvalue weighted by Gasteiger charge is 2.23. The summed E-state index contributed by atoms with van der Waals surface area (Å²) in [4.78, 5) is 21.1. The summed E-state index contributed by atoms with van der Waals surface area (Å²) < 4.78 is 0. The number of hydrazine groups is 1. The van der Waals surface area contributed by atoms with Crippen molar-refractivity contribution >= 4 is 28.9 Å². The van der Waals surface area contributed by atoms with Crippen molar-refractivity contribution in [1.29, 1.82) is 0 Å². The highest BCUT2D eigenvalue weighted by molar-refractivity contribution is 5.74.